The second kappa shape index (κ2) is 17.6. The maximum Gasteiger partial charge on any atom is 0.316 e. The number of aliphatic hydroxyl groups excluding tert-OH is 2. The Hall–Kier alpha value is -4.36. The van der Waals surface area contributed by atoms with Gasteiger partial charge in [0.1, 0.15) is 6.10 Å². The molecule has 2 unspecified atom stereocenters. The summed E-state index contributed by atoms with van der Waals surface area (Å²) in [5, 5.41) is 27.1. The quantitative estimate of drug-likeness (QED) is 0.144. The van der Waals surface area contributed by atoms with Crippen molar-refractivity contribution in [2.75, 3.05) is 52.4 Å². The van der Waals surface area contributed by atoms with Crippen LogP contribution in [0.25, 0.3) is 5.57 Å². The van der Waals surface area contributed by atoms with E-state index in [4.69, 9.17) is 4.74 Å². The number of likely N-dealkylation sites (tertiary alicyclic amines) is 1. The molecular formula is C43H55N5O7. The van der Waals surface area contributed by atoms with E-state index in [9.17, 15) is 29.4 Å². The van der Waals surface area contributed by atoms with Crippen LogP contribution in [0.4, 0.5) is 0 Å². The summed E-state index contributed by atoms with van der Waals surface area (Å²) in [5.74, 6) is 0.301. The summed E-state index contributed by atoms with van der Waals surface area (Å²) in [6.07, 6.45) is 13.1. The fourth-order valence-corrected chi connectivity index (χ4v) is 8.98. The Morgan fingerprint density at radius 1 is 0.982 bits per heavy atom. The molecule has 2 aromatic rings. The Morgan fingerprint density at radius 2 is 1.73 bits per heavy atom. The molecule has 5 heterocycles. The summed E-state index contributed by atoms with van der Waals surface area (Å²) in [7, 11) is 0. The number of hydrogen-bond acceptors (Lipinski definition) is 9. The van der Waals surface area contributed by atoms with E-state index >= 15 is 0 Å². The Labute approximate surface area is 322 Å². The minimum absolute atomic E-state index is 0.0346. The number of aliphatic hydroxyl groups is 2. The summed E-state index contributed by atoms with van der Waals surface area (Å²) < 4.78 is 6.33. The maximum atomic E-state index is 14.0. The first-order valence-corrected chi connectivity index (χ1v) is 20.1. The van der Waals surface area contributed by atoms with Gasteiger partial charge in [0, 0.05) is 44.4 Å². The van der Waals surface area contributed by atoms with Gasteiger partial charge in [-0.05, 0) is 99.7 Å². The molecule has 4 fully saturated rings. The molecule has 4 aliphatic heterocycles. The number of piperidine rings is 4. The van der Waals surface area contributed by atoms with Gasteiger partial charge in [-0.3, -0.25) is 24.1 Å². The van der Waals surface area contributed by atoms with Crippen LogP contribution in [-0.2, 0) is 32.0 Å². The van der Waals surface area contributed by atoms with E-state index in [0.717, 1.165) is 62.0 Å². The first kappa shape index (κ1) is 38.9. The molecule has 12 nitrogen and oxygen atoms in total. The number of H-pyrrole nitrogens is 1. The van der Waals surface area contributed by atoms with Gasteiger partial charge in [-0.2, -0.15) is 0 Å². The number of nitrogens with one attached hydrogen (secondary N) is 3. The number of nitrogens with zero attached hydrogens (tertiary/aromatic N) is 2. The monoisotopic (exact) mass is 753 g/mol. The average Bonchev–Trinajstić information content (AvgIpc) is 3.21. The molecule has 2 bridgehead atoms. The van der Waals surface area contributed by atoms with Crippen molar-refractivity contribution in [3.05, 3.63) is 99.0 Å². The van der Waals surface area contributed by atoms with Crippen molar-refractivity contribution in [2.45, 2.75) is 82.5 Å². The molecule has 2 amide bonds. The Morgan fingerprint density at radius 3 is 2.42 bits per heavy atom. The van der Waals surface area contributed by atoms with Crippen LogP contribution >= 0.6 is 0 Å². The highest BCUT2D eigenvalue weighted by Gasteiger charge is 2.48. The largest absolute Gasteiger partial charge is 0.460 e. The van der Waals surface area contributed by atoms with Crippen LogP contribution in [0, 0.1) is 11.3 Å². The van der Waals surface area contributed by atoms with Crippen LogP contribution in [0.3, 0.4) is 0 Å². The molecule has 3 atom stereocenters. The van der Waals surface area contributed by atoms with E-state index in [0.29, 0.717) is 81.2 Å². The van der Waals surface area contributed by atoms with Gasteiger partial charge < -0.3 is 35.5 Å². The van der Waals surface area contributed by atoms with Crippen LogP contribution in [0.1, 0.15) is 79.9 Å². The topological polar surface area (TPSA) is 164 Å². The average molecular weight is 754 g/mol. The second-order valence-corrected chi connectivity index (χ2v) is 15.9. The van der Waals surface area contributed by atoms with Gasteiger partial charge in [-0.25, -0.2) is 0 Å². The molecule has 294 valence electrons. The number of pyridine rings is 1. The van der Waals surface area contributed by atoms with E-state index in [1.54, 1.807) is 12.1 Å². The molecule has 0 saturated carbocycles. The summed E-state index contributed by atoms with van der Waals surface area (Å²) in [5.41, 5.74) is 3.67. The van der Waals surface area contributed by atoms with Gasteiger partial charge in [0.25, 0.3) is 0 Å². The van der Waals surface area contributed by atoms with Gasteiger partial charge in [0.05, 0.1) is 36.2 Å². The number of ether oxygens (including phenoxy) is 1. The number of carbonyl (C=O) groups is 3. The predicted molar refractivity (Wildman–Crippen MR) is 209 cm³/mol. The highest BCUT2D eigenvalue weighted by Crippen LogP contribution is 2.44. The third-order valence-electron chi connectivity index (χ3n) is 12.3. The molecule has 2 aliphatic carbocycles. The molecule has 5 N–H and O–H groups in total. The van der Waals surface area contributed by atoms with Gasteiger partial charge >= 0.3 is 5.97 Å². The molecule has 0 spiro atoms. The molecule has 0 radical (unpaired) electrons. The van der Waals surface area contributed by atoms with Crippen molar-refractivity contribution in [2.24, 2.45) is 11.3 Å². The van der Waals surface area contributed by atoms with Crippen LogP contribution in [0.5, 0.6) is 0 Å². The van der Waals surface area contributed by atoms with Crippen molar-refractivity contribution >= 4 is 23.4 Å². The summed E-state index contributed by atoms with van der Waals surface area (Å²) in [6.45, 7) is 5.43. The smallest absolute Gasteiger partial charge is 0.316 e. The number of hydrogen-bond donors (Lipinski definition) is 5. The molecule has 1 aromatic heterocycles. The number of allylic oxidation sites excluding steroid dienone is 3. The second-order valence-electron chi connectivity index (χ2n) is 15.9. The number of amides is 2. The third kappa shape index (κ3) is 9.20. The Balaban J connectivity index is 0.820. The number of rotatable bonds is 14. The number of fused-ring (bicyclic) bond motifs is 4. The summed E-state index contributed by atoms with van der Waals surface area (Å²) >= 11 is 0. The van der Waals surface area contributed by atoms with Crippen LogP contribution in [-0.4, -0.2) is 107 Å². The SMILES string of the molecule is O=C(Cc1ccc(CC(=O)N2CCC(C(=O)O[C@H]3CN4CCC3CC4)(C3=CC=CCC3)CC2)cc1)NCCCNCC(O)C1=CCC(O)c2[nH]c(=O)ccc21. The zero-order valence-corrected chi connectivity index (χ0v) is 31.6. The Bertz CT molecular complexity index is 1850. The molecule has 55 heavy (non-hydrogen) atoms. The highest BCUT2D eigenvalue weighted by molar-refractivity contribution is 5.83. The van der Waals surface area contributed by atoms with Crippen molar-refractivity contribution in [1.82, 2.24) is 25.4 Å². The predicted octanol–water partition coefficient (Wildman–Crippen LogP) is 2.96. The lowest BCUT2D eigenvalue weighted by molar-refractivity contribution is -0.172. The van der Waals surface area contributed by atoms with Crippen LogP contribution in [0.2, 0.25) is 0 Å². The van der Waals surface area contributed by atoms with E-state index in [-0.39, 0.29) is 42.3 Å². The number of carbonyl (C=O) groups excluding carboxylic acids is 3. The first-order valence-electron chi connectivity index (χ1n) is 20.1. The van der Waals surface area contributed by atoms with Gasteiger partial charge in [-0.1, -0.05) is 54.1 Å². The zero-order valence-electron chi connectivity index (χ0n) is 31.6. The lowest BCUT2D eigenvalue weighted by atomic mass is 9.69. The van der Waals surface area contributed by atoms with Gasteiger partial charge in [0.15, 0.2) is 0 Å². The normalized spacial score (nSPS) is 24.7. The number of benzene rings is 1. The molecule has 4 saturated heterocycles. The number of aromatic amines is 1. The minimum Gasteiger partial charge on any atom is -0.460 e. The number of esters is 1. The van der Waals surface area contributed by atoms with Crippen molar-refractivity contribution in [3.63, 3.8) is 0 Å². The molecule has 6 aliphatic rings. The first-order chi connectivity index (χ1) is 26.7. The van der Waals surface area contributed by atoms with Gasteiger partial charge in [0.2, 0.25) is 17.4 Å². The lowest BCUT2D eigenvalue weighted by Gasteiger charge is -2.47. The van der Waals surface area contributed by atoms with Crippen LogP contribution in [0.15, 0.2) is 71.1 Å². The Kier molecular flexibility index (Phi) is 12.5. The van der Waals surface area contributed by atoms with Crippen LogP contribution < -0.4 is 16.2 Å². The molecule has 12 heteroatoms. The standard InChI is InChI=1S/C43H55N5O7/c49-35-13-11-33(34-12-14-38(51)46-41(34)35)36(50)27-44-19-4-20-45-39(52)25-29-7-9-30(10-8-29)26-40(53)48-23-17-43(18-24-48,32-5-2-1-3-6-32)42(54)55-37-28-47-21-15-31(37)16-22-47/h1-2,5,7-12,14,31,35-37,44,49-50H,3-4,6,13,15-28H2,(H,45,52)(H,46,51)/t35?,36?,37-/m0/s1. The summed E-state index contributed by atoms with van der Waals surface area (Å²) in [4.78, 5) is 58.7. The van der Waals surface area contributed by atoms with E-state index < -0.39 is 17.6 Å². The van der Waals surface area contributed by atoms with E-state index in [1.165, 1.54) is 6.07 Å². The summed E-state index contributed by atoms with van der Waals surface area (Å²) in [6, 6.07) is 10.6. The van der Waals surface area contributed by atoms with Crippen molar-refractivity contribution in [1.29, 1.82) is 0 Å². The maximum absolute atomic E-state index is 14.0. The van der Waals surface area contributed by atoms with E-state index in [2.05, 4.69) is 38.7 Å². The van der Waals surface area contributed by atoms with Crippen molar-refractivity contribution in [3.8, 4) is 0 Å². The fraction of sp³-hybridized carbons (Fsp3) is 0.535. The lowest BCUT2D eigenvalue weighted by Crippen LogP contribution is -2.54. The van der Waals surface area contributed by atoms with Gasteiger partial charge in [-0.15, -0.1) is 0 Å². The third-order valence-corrected chi connectivity index (χ3v) is 12.3. The van der Waals surface area contributed by atoms with E-state index in [1.807, 2.05) is 29.2 Å². The highest BCUT2D eigenvalue weighted by atomic mass is 16.5. The molecule has 8 rings (SSSR count). The van der Waals surface area contributed by atoms with Crippen molar-refractivity contribution < 1.29 is 29.3 Å². The fourth-order valence-electron chi connectivity index (χ4n) is 8.98. The molecular weight excluding hydrogens is 699 g/mol. The minimum atomic E-state index is -0.804. The zero-order chi connectivity index (χ0) is 38.4. The number of aromatic nitrogens is 1. The molecule has 1 aromatic carbocycles.